The lowest BCUT2D eigenvalue weighted by molar-refractivity contribution is -0.152. The molecule has 0 bridgehead atoms. The molecule has 0 radical (unpaired) electrons. The second-order valence-corrected chi connectivity index (χ2v) is 6.44. The fourth-order valence-electron chi connectivity index (χ4n) is 2.99. The van der Waals surface area contributed by atoms with E-state index in [4.69, 9.17) is 10.5 Å². The molecule has 2 rings (SSSR count). The van der Waals surface area contributed by atoms with Gasteiger partial charge >= 0.3 is 5.97 Å². The zero-order valence-corrected chi connectivity index (χ0v) is 13.1. The molecular weight excluding hydrogens is 262 g/mol. The topological polar surface area (TPSA) is 52.3 Å². The van der Waals surface area contributed by atoms with E-state index >= 15 is 0 Å². The Morgan fingerprint density at radius 3 is 2.62 bits per heavy atom. The number of hydrogen-bond donors (Lipinski definition) is 1. The summed E-state index contributed by atoms with van der Waals surface area (Å²) >= 11 is 0. The molecule has 1 aliphatic rings. The van der Waals surface area contributed by atoms with E-state index in [0.29, 0.717) is 18.8 Å². The van der Waals surface area contributed by atoms with Crippen LogP contribution in [0.5, 0.6) is 0 Å². The molecule has 1 fully saturated rings. The van der Waals surface area contributed by atoms with Crippen LogP contribution in [0, 0.1) is 11.8 Å². The standard InChI is InChI=1S/C18H27NO2/c1-13-8-9-16(12-14(13)2)21-18(20)11-10-17(19)15-6-4-3-5-7-15/h3-7,13-14,16-17H,8-12,19H2,1-2H3. The first-order valence-electron chi connectivity index (χ1n) is 8.06. The third-order valence-corrected chi connectivity index (χ3v) is 4.74. The van der Waals surface area contributed by atoms with E-state index in [2.05, 4.69) is 13.8 Å². The predicted octanol–water partition coefficient (Wildman–Crippen LogP) is 3.83. The normalized spacial score (nSPS) is 27.1. The molecule has 4 unspecified atom stereocenters. The van der Waals surface area contributed by atoms with Gasteiger partial charge in [0.1, 0.15) is 6.10 Å². The summed E-state index contributed by atoms with van der Waals surface area (Å²) in [7, 11) is 0. The first kappa shape index (κ1) is 16.0. The van der Waals surface area contributed by atoms with E-state index in [0.717, 1.165) is 30.7 Å². The highest BCUT2D eigenvalue weighted by molar-refractivity contribution is 5.69. The van der Waals surface area contributed by atoms with Gasteiger partial charge in [-0.2, -0.15) is 0 Å². The van der Waals surface area contributed by atoms with E-state index in [1.165, 1.54) is 0 Å². The summed E-state index contributed by atoms with van der Waals surface area (Å²) in [5.74, 6) is 1.28. The molecule has 1 aliphatic carbocycles. The van der Waals surface area contributed by atoms with Gasteiger partial charge in [0.15, 0.2) is 0 Å². The molecule has 0 aromatic heterocycles. The summed E-state index contributed by atoms with van der Waals surface area (Å²) < 4.78 is 5.60. The van der Waals surface area contributed by atoms with Crippen LogP contribution in [0.25, 0.3) is 0 Å². The summed E-state index contributed by atoms with van der Waals surface area (Å²) in [5.41, 5.74) is 7.18. The van der Waals surface area contributed by atoms with Crippen molar-refractivity contribution in [2.45, 2.75) is 58.1 Å². The maximum Gasteiger partial charge on any atom is 0.306 e. The summed E-state index contributed by atoms with van der Waals surface area (Å²) in [6, 6.07) is 9.82. The van der Waals surface area contributed by atoms with Gasteiger partial charge in [-0.15, -0.1) is 0 Å². The van der Waals surface area contributed by atoms with Crippen LogP contribution in [0.3, 0.4) is 0 Å². The highest BCUT2D eigenvalue weighted by atomic mass is 16.5. The molecular formula is C18H27NO2. The van der Waals surface area contributed by atoms with Crippen molar-refractivity contribution >= 4 is 5.97 Å². The second kappa shape index (κ2) is 7.60. The van der Waals surface area contributed by atoms with Gasteiger partial charge in [-0.25, -0.2) is 0 Å². The molecule has 2 N–H and O–H groups in total. The number of carbonyl (C=O) groups excluding carboxylic acids is 1. The Hall–Kier alpha value is -1.35. The number of hydrogen-bond acceptors (Lipinski definition) is 3. The van der Waals surface area contributed by atoms with Gasteiger partial charge in [-0.05, 0) is 43.1 Å². The lowest BCUT2D eigenvalue weighted by Gasteiger charge is -2.31. The molecule has 0 amide bonds. The number of esters is 1. The lowest BCUT2D eigenvalue weighted by Crippen LogP contribution is -2.28. The van der Waals surface area contributed by atoms with E-state index in [1.54, 1.807) is 0 Å². The Labute approximate surface area is 127 Å². The molecule has 116 valence electrons. The van der Waals surface area contributed by atoms with Gasteiger partial charge in [-0.1, -0.05) is 44.2 Å². The number of ether oxygens (including phenoxy) is 1. The van der Waals surface area contributed by atoms with Gasteiger partial charge in [0.25, 0.3) is 0 Å². The van der Waals surface area contributed by atoms with Gasteiger partial charge < -0.3 is 10.5 Å². The van der Waals surface area contributed by atoms with E-state index in [-0.39, 0.29) is 18.1 Å². The molecule has 1 saturated carbocycles. The molecule has 3 heteroatoms. The highest BCUT2D eigenvalue weighted by Gasteiger charge is 2.26. The SMILES string of the molecule is CC1CCC(OC(=O)CCC(N)c2ccccc2)CC1C. The van der Waals surface area contributed by atoms with Crippen LogP contribution in [0.15, 0.2) is 30.3 Å². The Morgan fingerprint density at radius 1 is 1.24 bits per heavy atom. The number of carbonyl (C=O) groups is 1. The molecule has 4 atom stereocenters. The van der Waals surface area contributed by atoms with Gasteiger partial charge in [0, 0.05) is 12.5 Å². The quantitative estimate of drug-likeness (QED) is 0.838. The average Bonchev–Trinajstić information content (AvgIpc) is 2.49. The first-order valence-corrected chi connectivity index (χ1v) is 8.06. The predicted molar refractivity (Wildman–Crippen MR) is 84.7 cm³/mol. The maximum atomic E-state index is 12.0. The molecule has 21 heavy (non-hydrogen) atoms. The molecule has 0 aliphatic heterocycles. The van der Waals surface area contributed by atoms with Crippen LogP contribution >= 0.6 is 0 Å². The van der Waals surface area contributed by atoms with Crippen molar-refractivity contribution in [2.75, 3.05) is 0 Å². The molecule has 1 aromatic rings. The van der Waals surface area contributed by atoms with Crippen LogP contribution in [0.2, 0.25) is 0 Å². The Morgan fingerprint density at radius 2 is 1.95 bits per heavy atom. The van der Waals surface area contributed by atoms with Crippen LogP contribution < -0.4 is 5.73 Å². The van der Waals surface area contributed by atoms with E-state index < -0.39 is 0 Å². The minimum Gasteiger partial charge on any atom is -0.462 e. The summed E-state index contributed by atoms with van der Waals surface area (Å²) in [5, 5.41) is 0. The summed E-state index contributed by atoms with van der Waals surface area (Å²) in [4.78, 5) is 12.0. The average molecular weight is 289 g/mol. The fourth-order valence-corrected chi connectivity index (χ4v) is 2.99. The van der Waals surface area contributed by atoms with Crippen molar-refractivity contribution in [3.05, 3.63) is 35.9 Å². The monoisotopic (exact) mass is 289 g/mol. The van der Waals surface area contributed by atoms with Crippen molar-refractivity contribution in [1.29, 1.82) is 0 Å². The molecule has 0 heterocycles. The molecule has 0 spiro atoms. The molecule has 3 nitrogen and oxygen atoms in total. The van der Waals surface area contributed by atoms with Crippen molar-refractivity contribution in [1.82, 2.24) is 0 Å². The van der Waals surface area contributed by atoms with E-state index in [9.17, 15) is 4.79 Å². The number of benzene rings is 1. The summed E-state index contributed by atoms with van der Waals surface area (Å²) in [6.45, 7) is 4.53. The lowest BCUT2D eigenvalue weighted by atomic mass is 9.80. The van der Waals surface area contributed by atoms with Crippen molar-refractivity contribution in [2.24, 2.45) is 17.6 Å². The van der Waals surface area contributed by atoms with Crippen LogP contribution in [0.4, 0.5) is 0 Å². The van der Waals surface area contributed by atoms with Crippen molar-refractivity contribution in [3.8, 4) is 0 Å². The fraction of sp³-hybridized carbons (Fsp3) is 0.611. The largest absolute Gasteiger partial charge is 0.462 e. The minimum atomic E-state index is -0.104. The zero-order chi connectivity index (χ0) is 15.2. The van der Waals surface area contributed by atoms with Gasteiger partial charge in [-0.3, -0.25) is 4.79 Å². The third-order valence-electron chi connectivity index (χ3n) is 4.74. The molecule has 1 aromatic carbocycles. The van der Waals surface area contributed by atoms with Crippen molar-refractivity contribution in [3.63, 3.8) is 0 Å². The first-order chi connectivity index (χ1) is 10.1. The van der Waals surface area contributed by atoms with Crippen LogP contribution in [-0.4, -0.2) is 12.1 Å². The second-order valence-electron chi connectivity index (χ2n) is 6.44. The maximum absolute atomic E-state index is 12.0. The van der Waals surface area contributed by atoms with Gasteiger partial charge in [0.2, 0.25) is 0 Å². The Balaban J connectivity index is 1.73. The Bertz CT molecular complexity index is 446. The number of rotatable bonds is 5. The van der Waals surface area contributed by atoms with E-state index in [1.807, 2.05) is 30.3 Å². The third kappa shape index (κ3) is 4.85. The van der Waals surface area contributed by atoms with Crippen LogP contribution in [-0.2, 0) is 9.53 Å². The van der Waals surface area contributed by atoms with Crippen LogP contribution in [0.1, 0.15) is 57.6 Å². The van der Waals surface area contributed by atoms with Gasteiger partial charge in [0.05, 0.1) is 0 Å². The smallest absolute Gasteiger partial charge is 0.306 e. The molecule has 0 saturated heterocycles. The zero-order valence-electron chi connectivity index (χ0n) is 13.1. The summed E-state index contributed by atoms with van der Waals surface area (Å²) in [6.07, 6.45) is 4.30. The number of nitrogens with two attached hydrogens (primary N) is 1. The van der Waals surface area contributed by atoms with Crippen molar-refractivity contribution < 1.29 is 9.53 Å². The minimum absolute atomic E-state index is 0.0935. The highest BCUT2D eigenvalue weighted by Crippen LogP contribution is 2.31. The Kier molecular flexibility index (Phi) is 5.80.